The molecule has 4 heterocycles. The van der Waals surface area contributed by atoms with Crippen LogP contribution in [0.15, 0.2) is 65.6 Å². The van der Waals surface area contributed by atoms with Gasteiger partial charge in [0.05, 0.1) is 27.3 Å². The Morgan fingerprint density at radius 3 is 2.56 bits per heavy atom. The molecule has 1 aromatic carbocycles. The van der Waals surface area contributed by atoms with Crippen molar-refractivity contribution in [3.8, 4) is 16.8 Å². The van der Waals surface area contributed by atoms with Crippen molar-refractivity contribution in [2.45, 2.75) is 13.8 Å². The van der Waals surface area contributed by atoms with Gasteiger partial charge in [-0.1, -0.05) is 28.9 Å². The van der Waals surface area contributed by atoms with Gasteiger partial charge in [0.15, 0.2) is 5.78 Å². The zero-order valence-corrected chi connectivity index (χ0v) is 18.9. The average molecular weight is 473 g/mol. The van der Waals surface area contributed by atoms with E-state index in [1.54, 1.807) is 47.3 Å². The summed E-state index contributed by atoms with van der Waals surface area (Å²) in [6.45, 7) is 3.65. The van der Waals surface area contributed by atoms with Crippen LogP contribution in [0, 0.1) is 13.8 Å². The van der Waals surface area contributed by atoms with E-state index >= 15 is 0 Å². The first-order valence-electron chi connectivity index (χ1n) is 10.3. The fourth-order valence-corrected chi connectivity index (χ4v) is 4.21. The number of nitrogens with zero attached hydrogens (tertiary/aromatic N) is 4. The van der Waals surface area contributed by atoms with Crippen molar-refractivity contribution in [2.24, 2.45) is 0 Å². The largest absolute Gasteiger partial charge is 0.477 e. The molecule has 168 valence electrons. The lowest BCUT2D eigenvalue weighted by molar-refractivity contribution is 0.0690. The number of rotatable bonds is 5. The van der Waals surface area contributed by atoms with Crippen LogP contribution in [0.1, 0.15) is 37.9 Å². The summed E-state index contributed by atoms with van der Waals surface area (Å²) in [4.78, 5) is 33.5. The smallest absolute Gasteiger partial charge is 0.354 e. The van der Waals surface area contributed by atoms with E-state index in [0.717, 1.165) is 11.1 Å². The highest BCUT2D eigenvalue weighted by Crippen LogP contribution is 2.33. The van der Waals surface area contributed by atoms with Crippen LogP contribution in [0.2, 0.25) is 5.02 Å². The van der Waals surface area contributed by atoms with E-state index in [4.69, 9.17) is 16.1 Å². The Morgan fingerprint density at radius 2 is 1.85 bits per heavy atom. The van der Waals surface area contributed by atoms with Gasteiger partial charge >= 0.3 is 5.97 Å². The monoisotopic (exact) mass is 472 g/mol. The maximum atomic E-state index is 13.5. The summed E-state index contributed by atoms with van der Waals surface area (Å²) >= 11 is 6.29. The molecule has 5 aromatic rings. The molecule has 0 spiro atoms. The Bertz CT molecular complexity index is 1580. The summed E-state index contributed by atoms with van der Waals surface area (Å²) in [5.41, 5.74) is 4.42. The van der Waals surface area contributed by atoms with Crippen LogP contribution in [0.3, 0.4) is 0 Å². The summed E-state index contributed by atoms with van der Waals surface area (Å²) in [5, 5.41) is 13.7. The molecular weight excluding hydrogens is 456 g/mol. The number of hydrogen-bond acceptors (Lipinski definition) is 6. The van der Waals surface area contributed by atoms with E-state index in [9.17, 15) is 14.7 Å². The molecule has 0 fully saturated rings. The minimum atomic E-state index is -1.15. The molecule has 0 saturated carbocycles. The summed E-state index contributed by atoms with van der Waals surface area (Å²) < 4.78 is 7.03. The highest BCUT2D eigenvalue weighted by molar-refractivity contribution is 6.35. The number of pyridine rings is 2. The molecule has 4 aromatic heterocycles. The average Bonchev–Trinajstić information content (AvgIpc) is 3.38. The SMILES string of the molecule is Cc1noc(C)c1-c1cnc2c(C(=O)c3ccccc3Cl)cn(-c3ccnc(C(=O)O)c3)c2c1. The minimum absolute atomic E-state index is 0.117. The van der Waals surface area contributed by atoms with Gasteiger partial charge in [-0.05, 0) is 44.2 Å². The van der Waals surface area contributed by atoms with Crippen molar-refractivity contribution in [3.05, 3.63) is 94.4 Å². The molecule has 8 nitrogen and oxygen atoms in total. The number of benzene rings is 1. The van der Waals surface area contributed by atoms with Gasteiger partial charge < -0.3 is 14.2 Å². The third-order valence-electron chi connectivity index (χ3n) is 5.57. The van der Waals surface area contributed by atoms with Gasteiger partial charge in [-0.15, -0.1) is 0 Å². The molecule has 0 aliphatic heterocycles. The number of hydrogen-bond donors (Lipinski definition) is 1. The van der Waals surface area contributed by atoms with Crippen molar-refractivity contribution in [1.29, 1.82) is 0 Å². The molecule has 0 aliphatic rings. The number of carboxylic acids is 1. The number of aromatic carboxylic acids is 1. The van der Waals surface area contributed by atoms with Crippen molar-refractivity contribution in [1.82, 2.24) is 19.7 Å². The molecule has 0 bridgehead atoms. The predicted octanol–water partition coefficient (Wildman–Crippen LogP) is 5.27. The first-order chi connectivity index (χ1) is 16.3. The van der Waals surface area contributed by atoms with E-state index < -0.39 is 5.97 Å². The summed E-state index contributed by atoms with van der Waals surface area (Å²) in [5.74, 6) is -0.805. The Balaban J connectivity index is 1.78. The molecule has 0 unspecified atom stereocenters. The Labute approximate surface area is 198 Å². The van der Waals surface area contributed by atoms with E-state index in [0.29, 0.717) is 44.3 Å². The van der Waals surface area contributed by atoms with Crippen molar-refractivity contribution >= 4 is 34.4 Å². The minimum Gasteiger partial charge on any atom is -0.477 e. The van der Waals surface area contributed by atoms with Crippen LogP contribution < -0.4 is 0 Å². The van der Waals surface area contributed by atoms with Gasteiger partial charge in [-0.25, -0.2) is 9.78 Å². The van der Waals surface area contributed by atoms with Crippen LogP contribution in [-0.2, 0) is 0 Å². The Kier molecular flexibility index (Phi) is 5.22. The highest BCUT2D eigenvalue weighted by atomic mass is 35.5. The number of carbonyl (C=O) groups excluding carboxylic acids is 1. The van der Waals surface area contributed by atoms with Crippen molar-refractivity contribution in [3.63, 3.8) is 0 Å². The molecule has 0 aliphatic carbocycles. The quantitative estimate of drug-likeness (QED) is 0.346. The molecule has 1 N–H and O–H groups in total. The third kappa shape index (κ3) is 3.54. The number of aromatic nitrogens is 4. The molecular formula is C25H17ClN4O4. The standard InChI is InChI=1S/C25H17ClN4O4/c1-13-22(14(2)34-29-13)15-9-21-23(28-11-15)18(24(31)17-5-3-4-6-19(17)26)12-30(21)16-7-8-27-20(10-16)25(32)33/h3-12H,1-2H3,(H,32,33). The lowest BCUT2D eigenvalue weighted by Crippen LogP contribution is -2.03. The lowest BCUT2D eigenvalue weighted by atomic mass is 10.0. The maximum Gasteiger partial charge on any atom is 0.354 e. The molecule has 34 heavy (non-hydrogen) atoms. The maximum absolute atomic E-state index is 13.5. The number of carboxylic acid groups (broad SMARTS) is 1. The fraction of sp³-hybridized carbons (Fsp3) is 0.0800. The van der Waals surface area contributed by atoms with Crippen molar-refractivity contribution < 1.29 is 19.2 Å². The van der Waals surface area contributed by atoms with Crippen LogP contribution in [0.4, 0.5) is 0 Å². The molecule has 0 radical (unpaired) electrons. The number of carbonyl (C=O) groups is 2. The summed E-state index contributed by atoms with van der Waals surface area (Å²) in [6, 6.07) is 11.8. The summed E-state index contributed by atoms with van der Waals surface area (Å²) in [7, 11) is 0. The molecule has 0 amide bonds. The van der Waals surface area contributed by atoms with Crippen LogP contribution >= 0.6 is 11.6 Å². The number of aryl methyl sites for hydroxylation is 2. The van der Waals surface area contributed by atoms with Gasteiger partial charge in [-0.3, -0.25) is 9.78 Å². The zero-order valence-electron chi connectivity index (χ0n) is 18.1. The predicted molar refractivity (Wildman–Crippen MR) is 126 cm³/mol. The Hall–Kier alpha value is -4.30. The highest BCUT2D eigenvalue weighted by Gasteiger charge is 2.22. The number of fused-ring (bicyclic) bond motifs is 1. The second-order valence-electron chi connectivity index (χ2n) is 7.72. The van der Waals surface area contributed by atoms with Crippen LogP contribution in [0.5, 0.6) is 0 Å². The number of halogens is 1. The van der Waals surface area contributed by atoms with E-state index in [2.05, 4.69) is 15.1 Å². The number of ketones is 1. The first kappa shape index (κ1) is 21.5. The van der Waals surface area contributed by atoms with E-state index in [1.165, 1.54) is 12.3 Å². The second kappa shape index (κ2) is 8.24. The molecule has 5 rings (SSSR count). The lowest BCUT2D eigenvalue weighted by Gasteiger charge is -2.07. The van der Waals surface area contributed by atoms with Crippen LogP contribution in [-0.4, -0.2) is 36.6 Å². The fourth-order valence-electron chi connectivity index (χ4n) is 3.99. The third-order valence-corrected chi connectivity index (χ3v) is 5.90. The second-order valence-corrected chi connectivity index (χ2v) is 8.12. The van der Waals surface area contributed by atoms with Gasteiger partial charge in [0.2, 0.25) is 0 Å². The zero-order chi connectivity index (χ0) is 24.0. The molecule has 0 saturated heterocycles. The first-order valence-corrected chi connectivity index (χ1v) is 10.7. The Morgan fingerprint density at radius 1 is 1.06 bits per heavy atom. The van der Waals surface area contributed by atoms with E-state index in [-0.39, 0.29) is 11.5 Å². The van der Waals surface area contributed by atoms with Gasteiger partial charge in [0, 0.05) is 41.0 Å². The van der Waals surface area contributed by atoms with Gasteiger partial charge in [0.25, 0.3) is 0 Å². The van der Waals surface area contributed by atoms with Crippen molar-refractivity contribution in [2.75, 3.05) is 0 Å². The summed E-state index contributed by atoms with van der Waals surface area (Å²) in [6.07, 6.45) is 4.71. The molecule has 9 heteroatoms. The van der Waals surface area contributed by atoms with E-state index in [1.807, 2.05) is 19.9 Å². The van der Waals surface area contributed by atoms with Gasteiger partial charge in [-0.2, -0.15) is 0 Å². The normalized spacial score (nSPS) is 11.1. The molecule has 0 atom stereocenters. The van der Waals surface area contributed by atoms with Gasteiger partial charge in [0.1, 0.15) is 11.5 Å². The van der Waals surface area contributed by atoms with Crippen LogP contribution in [0.25, 0.3) is 27.8 Å². The topological polar surface area (TPSA) is 111 Å².